The number of amides is 2. The molecule has 2 aromatic rings. The number of benzene rings is 2. The Kier molecular flexibility index (Phi) is 6.71. The molecule has 2 amide bonds. The molecule has 1 atom stereocenters. The largest absolute Gasteiger partial charge is 0.366 e. The zero-order chi connectivity index (χ0) is 18.2. The lowest BCUT2D eigenvalue weighted by Crippen LogP contribution is -2.18. The lowest BCUT2D eigenvalue weighted by atomic mass is 10.0. The van der Waals surface area contributed by atoms with Gasteiger partial charge in [0.15, 0.2) is 0 Å². The van der Waals surface area contributed by atoms with Crippen molar-refractivity contribution in [1.29, 1.82) is 0 Å². The summed E-state index contributed by atoms with van der Waals surface area (Å²) in [7, 11) is 0. The molecule has 0 saturated heterocycles. The van der Waals surface area contributed by atoms with Crippen molar-refractivity contribution in [2.24, 2.45) is 11.5 Å². The summed E-state index contributed by atoms with van der Waals surface area (Å²) in [5.74, 6) is -0.817. The van der Waals surface area contributed by atoms with E-state index in [1.54, 1.807) is 18.2 Å². The molecule has 0 radical (unpaired) electrons. The summed E-state index contributed by atoms with van der Waals surface area (Å²) in [5.41, 5.74) is 13.8. The van der Waals surface area contributed by atoms with E-state index in [2.05, 4.69) is 12.2 Å². The number of rotatable bonds is 8. The molecule has 0 saturated carbocycles. The number of para-hydroxylation sites is 1. The lowest BCUT2D eigenvalue weighted by molar-refractivity contribution is 0.1000. The summed E-state index contributed by atoms with van der Waals surface area (Å²) >= 11 is 0. The third-order valence-electron chi connectivity index (χ3n) is 4.22. The highest BCUT2D eigenvalue weighted by Crippen LogP contribution is 2.19. The van der Waals surface area contributed by atoms with Gasteiger partial charge in [0.25, 0.3) is 5.91 Å². The van der Waals surface area contributed by atoms with Crippen LogP contribution in [-0.2, 0) is 6.42 Å². The van der Waals surface area contributed by atoms with Crippen molar-refractivity contribution in [3.8, 4) is 0 Å². The van der Waals surface area contributed by atoms with E-state index in [-0.39, 0.29) is 11.9 Å². The smallest absolute Gasteiger partial charge is 0.255 e. The minimum atomic E-state index is -0.553. The van der Waals surface area contributed by atoms with Crippen LogP contribution >= 0.6 is 0 Å². The molecule has 0 bridgehead atoms. The van der Waals surface area contributed by atoms with Gasteiger partial charge in [0, 0.05) is 22.9 Å². The normalized spacial score (nSPS) is 11.8. The Morgan fingerprint density at radius 3 is 2.52 bits per heavy atom. The molecule has 5 nitrogen and oxygen atoms in total. The fourth-order valence-electron chi connectivity index (χ4n) is 2.63. The second-order valence-electron chi connectivity index (χ2n) is 6.12. The fourth-order valence-corrected chi connectivity index (χ4v) is 2.63. The first-order valence-corrected chi connectivity index (χ1v) is 8.56. The van der Waals surface area contributed by atoms with Crippen LogP contribution in [0.25, 0.3) is 0 Å². The Hall–Kier alpha value is -2.66. The van der Waals surface area contributed by atoms with E-state index < -0.39 is 5.91 Å². The molecule has 5 heteroatoms. The van der Waals surface area contributed by atoms with E-state index in [9.17, 15) is 9.59 Å². The average molecular weight is 339 g/mol. The van der Waals surface area contributed by atoms with Crippen LogP contribution in [0.1, 0.15) is 52.5 Å². The van der Waals surface area contributed by atoms with Crippen molar-refractivity contribution >= 4 is 17.5 Å². The first-order chi connectivity index (χ1) is 12.0. The number of hydrogen-bond donors (Lipinski definition) is 3. The van der Waals surface area contributed by atoms with E-state index in [0.29, 0.717) is 11.1 Å². The Morgan fingerprint density at radius 1 is 1.08 bits per heavy atom. The van der Waals surface area contributed by atoms with E-state index >= 15 is 0 Å². The van der Waals surface area contributed by atoms with Gasteiger partial charge in [-0.2, -0.15) is 0 Å². The number of aryl methyl sites for hydroxylation is 1. The van der Waals surface area contributed by atoms with Crippen molar-refractivity contribution in [2.45, 2.75) is 38.6 Å². The number of nitrogens with one attached hydrogen (secondary N) is 1. The van der Waals surface area contributed by atoms with Crippen molar-refractivity contribution in [3.05, 3.63) is 65.2 Å². The Morgan fingerprint density at radius 2 is 1.80 bits per heavy atom. The minimum absolute atomic E-state index is 0.221. The third kappa shape index (κ3) is 5.43. The van der Waals surface area contributed by atoms with Gasteiger partial charge < -0.3 is 16.8 Å². The van der Waals surface area contributed by atoms with Crippen molar-refractivity contribution < 1.29 is 9.59 Å². The van der Waals surface area contributed by atoms with Gasteiger partial charge in [0.2, 0.25) is 5.91 Å². The van der Waals surface area contributed by atoms with Crippen LogP contribution in [0, 0.1) is 0 Å². The summed E-state index contributed by atoms with van der Waals surface area (Å²) in [5, 5.41) is 2.92. The molecule has 1 unspecified atom stereocenters. The molecule has 25 heavy (non-hydrogen) atoms. The maximum Gasteiger partial charge on any atom is 0.255 e. The van der Waals surface area contributed by atoms with Crippen LogP contribution in [-0.4, -0.2) is 17.9 Å². The summed E-state index contributed by atoms with van der Waals surface area (Å²) in [6.07, 6.45) is 3.75. The molecule has 132 valence electrons. The number of carbonyl (C=O) groups excluding carboxylic acids is 2. The van der Waals surface area contributed by atoms with Crippen molar-refractivity contribution in [3.63, 3.8) is 0 Å². The third-order valence-corrected chi connectivity index (χ3v) is 4.22. The molecule has 0 heterocycles. The Labute approximate surface area is 148 Å². The predicted molar refractivity (Wildman–Crippen MR) is 101 cm³/mol. The second-order valence-corrected chi connectivity index (χ2v) is 6.12. The first-order valence-electron chi connectivity index (χ1n) is 8.56. The predicted octanol–water partition coefficient (Wildman–Crippen LogP) is 3.10. The molecule has 0 aliphatic heterocycles. The standard InChI is InChI=1S/C20H25N3O2/c1-2-17(21)11-6-8-14-7-3-4-12-18(14)23-20(25)16-10-5-9-15(13-16)19(22)24/h3-5,7,9-10,12-13,17H,2,6,8,11,21H2,1H3,(H2,22,24)(H,23,25). The van der Waals surface area contributed by atoms with Crippen molar-refractivity contribution in [1.82, 2.24) is 0 Å². The molecule has 5 N–H and O–H groups in total. The minimum Gasteiger partial charge on any atom is -0.366 e. The second kappa shape index (κ2) is 8.99. The Bertz CT molecular complexity index is 743. The highest BCUT2D eigenvalue weighted by atomic mass is 16.2. The van der Waals surface area contributed by atoms with Gasteiger partial charge in [-0.25, -0.2) is 0 Å². The first kappa shape index (κ1) is 18.7. The fraction of sp³-hybridized carbons (Fsp3) is 0.300. The molecule has 2 rings (SSSR count). The number of nitrogens with two attached hydrogens (primary N) is 2. The zero-order valence-electron chi connectivity index (χ0n) is 14.5. The molecule has 0 aliphatic carbocycles. The highest BCUT2D eigenvalue weighted by Gasteiger charge is 2.11. The SMILES string of the molecule is CCC(N)CCCc1ccccc1NC(=O)c1cccc(C(N)=O)c1. The van der Waals surface area contributed by atoms with Gasteiger partial charge >= 0.3 is 0 Å². The number of anilines is 1. The quantitative estimate of drug-likeness (QED) is 0.689. The topological polar surface area (TPSA) is 98.2 Å². The van der Waals surface area contributed by atoms with Crippen LogP contribution in [0.5, 0.6) is 0 Å². The molecule has 0 aliphatic rings. The van der Waals surface area contributed by atoms with Gasteiger partial charge in [-0.05, 0) is 55.5 Å². The molecule has 0 aromatic heterocycles. The number of carbonyl (C=O) groups is 2. The Balaban J connectivity index is 2.08. The molecular formula is C20H25N3O2. The summed E-state index contributed by atoms with van der Waals surface area (Å²) in [6.45, 7) is 2.08. The van der Waals surface area contributed by atoms with Gasteiger partial charge in [-0.15, -0.1) is 0 Å². The lowest BCUT2D eigenvalue weighted by Gasteiger charge is -2.13. The average Bonchev–Trinajstić information content (AvgIpc) is 2.63. The maximum atomic E-state index is 12.5. The van der Waals surface area contributed by atoms with Crippen LogP contribution in [0.2, 0.25) is 0 Å². The van der Waals surface area contributed by atoms with Gasteiger partial charge in [0.05, 0.1) is 0 Å². The van der Waals surface area contributed by atoms with Crippen LogP contribution in [0.15, 0.2) is 48.5 Å². The van der Waals surface area contributed by atoms with E-state index in [0.717, 1.165) is 36.9 Å². The molecular weight excluding hydrogens is 314 g/mol. The van der Waals surface area contributed by atoms with Gasteiger partial charge in [-0.3, -0.25) is 9.59 Å². The summed E-state index contributed by atoms with van der Waals surface area (Å²) < 4.78 is 0. The van der Waals surface area contributed by atoms with Crippen LogP contribution in [0.3, 0.4) is 0 Å². The van der Waals surface area contributed by atoms with Crippen molar-refractivity contribution in [2.75, 3.05) is 5.32 Å². The van der Waals surface area contributed by atoms with Gasteiger partial charge in [0.1, 0.15) is 0 Å². The summed E-state index contributed by atoms with van der Waals surface area (Å²) in [4.78, 5) is 23.8. The van der Waals surface area contributed by atoms with Crippen LogP contribution in [0.4, 0.5) is 5.69 Å². The highest BCUT2D eigenvalue weighted by molar-refractivity contribution is 6.06. The molecule has 2 aromatic carbocycles. The van der Waals surface area contributed by atoms with Crippen LogP contribution < -0.4 is 16.8 Å². The summed E-state index contributed by atoms with van der Waals surface area (Å²) in [6, 6.07) is 14.3. The molecule has 0 spiro atoms. The van der Waals surface area contributed by atoms with E-state index in [1.807, 2.05) is 24.3 Å². The van der Waals surface area contributed by atoms with E-state index in [4.69, 9.17) is 11.5 Å². The van der Waals surface area contributed by atoms with E-state index in [1.165, 1.54) is 6.07 Å². The number of hydrogen-bond acceptors (Lipinski definition) is 3. The zero-order valence-corrected chi connectivity index (χ0v) is 14.5. The van der Waals surface area contributed by atoms with Gasteiger partial charge in [-0.1, -0.05) is 31.2 Å². The number of primary amides is 1. The maximum absolute atomic E-state index is 12.5. The molecule has 0 fully saturated rings. The monoisotopic (exact) mass is 339 g/mol.